The molecule has 28 heavy (non-hydrogen) atoms. The third-order valence-corrected chi connectivity index (χ3v) is 4.49. The van der Waals surface area contributed by atoms with Crippen LogP contribution in [0, 0.1) is 0 Å². The van der Waals surface area contributed by atoms with Crippen LogP contribution in [0.1, 0.15) is 31.8 Å². The van der Waals surface area contributed by atoms with Crippen molar-refractivity contribution in [3.8, 4) is 0 Å². The van der Waals surface area contributed by atoms with Gasteiger partial charge in [-0.2, -0.15) is 0 Å². The zero-order valence-corrected chi connectivity index (χ0v) is 15.7. The van der Waals surface area contributed by atoms with Gasteiger partial charge in [-0.25, -0.2) is 0 Å². The standard InChI is InChI=1S/C24H24N2O2/c27-23(21-7-3-1-4-8-21)25-17-15-19-11-13-20(14-12-19)16-18-26-24(28)22-9-5-2-6-10-22/h1-14H,15-18H2,(H,25,27)(H,26,28). The number of amides is 2. The van der Waals surface area contributed by atoms with E-state index in [0.29, 0.717) is 24.2 Å². The second kappa shape index (κ2) is 10.1. The van der Waals surface area contributed by atoms with Crippen LogP contribution in [0.3, 0.4) is 0 Å². The van der Waals surface area contributed by atoms with E-state index in [-0.39, 0.29) is 11.8 Å². The SMILES string of the molecule is O=C(NCCc1ccc(CCNC(=O)c2ccccc2)cc1)c1ccccc1. The molecule has 142 valence electrons. The average Bonchev–Trinajstić information content (AvgIpc) is 2.76. The first-order chi connectivity index (χ1) is 13.7. The number of hydrogen-bond donors (Lipinski definition) is 2. The van der Waals surface area contributed by atoms with Gasteiger partial charge in [0.25, 0.3) is 11.8 Å². The van der Waals surface area contributed by atoms with Gasteiger partial charge in [0.05, 0.1) is 0 Å². The molecule has 4 heteroatoms. The van der Waals surface area contributed by atoms with Crippen molar-refractivity contribution in [1.82, 2.24) is 10.6 Å². The van der Waals surface area contributed by atoms with Crippen molar-refractivity contribution in [3.05, 3.63) is 107 Å². The van der Waals surface area contributed by atoms with Gasteiger partial charge in [-0.3, -0.25) is 9.59 Å². The molecule has 0 spiro atoms. The summed E-state index contributed by atoms with van der Waals surface area (Å²) >= 11 is 0. The molecule has 3 aromatic rings. The quantitative estimate of drug-likeness (QED) is 0.634. The Morgan fingerprint density at radius 1 is 0.536 bits per heavy atom. The van der Waals surface area contributed by atoms with E-state index in [4.69, 9.17) is 0 Å². The van der Waals surface area contributed by atoms with E-state index in [9.17, 15) is 9.59 Å². The molecule has 0 atom stereocenters. The Labute approximate surface area is 165 Å². The topological polar surface area (TPSA) is 58.2 Å². The van der Waals surface area contributed by atoms with Gasteiger partial charge in [0, 0.05) is 24.2 Å². The summed E-state index contributed by atoms with van der Waals surface area (Å²) in [4.78, 5) is 24.0. The van der Waals surface area contributed by atoms with Gasteiger partial charge in [-0.15, -0.1) is 0 Å². The summed E-state index contributed by atoms with van der Waals surface area (Å²) in [6.07, 6.45) is 1.56. The van der Waals surface area contributed by atoms with Crippen molar-refractivity contribution in [2.45, 2.75) is 12.8 Å². The lowest BCUT2D eigenvalue weighted by Crippen LogP contribution is -2.25. The molecule has 0 aliphatic rings. The Bertz CT molecular complexity index is 814. The van der Waals surface area contributed by atoms with E-state index >= 15 is 0 Å². The highest BCUT2D eigenvalue weighted by Gasteiger charge is 2.05. The summed E-state index contributed by atoms with van der Waals surface area (Å²) in [6.45, 7) is 1.19. The first-order valence-corrected chi connectivity index (χ1v) is 9.47. The molecule has 3 aromatic carbocycles. The van der Waals surface area contributed by atoms with Gasteiger partial charge in [0.15, 0.2) is 0 Å². The van der Waals surface area contributed by atoms with Gasteiger partial charge in [0.2, 0.25) is 0 Å². The molecule has 0 heterocycles. The average molecular weight is 372 g/mol. The number of hydrogen-bond acceptors (Lipinski definition) is 2. The molecule has 2 amide bonds. The molecule has 0 fully saturated rings. The molecule has 0 unspecified atom stereocenters. The molecule has 0 saturated heterocycles. The molecular weight excluding hydrogens is 348 g/mol. The minimum absolute atomic E-state index is 0.0497. The van der Waals surface area contributed by atoms with Gasteiger partial charge < -0.3 is 10.6 Å². The first-order valence-electron chi connectivity index (χ1n) is 9.47. The maximum atomic E-state index is 12.0. The minimum atomic E-state index is -0.0497. The smallest absolute Gasteiger partial charge is 0.251 e. The summed E-state index contributed by atoms with van der Waals surface area (Å²) in [5, 5.41) is 5.88. The van der Waals surface area contributed by atoms with Crippen LogP contribution in [-0.4, -0.2) is 24.9 Å². The van der Waals surface area contributed by atoms with Crippen molar-refractivity contribution < 1.29 is 9.59 Å². The van der Waals surface area contributed by atoms with E-state index in [0.717, 1.165) is 12.8 Å². The van der Waals surface area contributed by atoms with E-state index in [1.54, 1.807) is 24.3 Å². The Hall–Kier alpha value is -3.40. The largest absolute Gasteiger partial charge is 0.352 e. The van der Waals surface area contributed by atoms with Crippen molar-refractivity contribution in [2.24, 2.45) is 0 Å². The Kier molecular flexibility index (Phi) is 6.96. The summed E-state index contributed by atoms with van der Waals surface area (Å²) in [5.74, 6) is -0.0993. The maximum Gasteiger partial charge on any atom is 0.251 e. The van der Waals surface area contributed by atoms with Crippen LogP contribution >= 0.6 is 0 Å². The molecule has 4 nitrogen and oxygen atoms in total. The van der Waals surface area contributed by atoms with E-state index in [1.165, 1.54) is 11.1 Å². The fourth-order valence-electron chi connectivity index (χ4n) is 2.90. The maximum absolute atomic E-state index is 12.0. The molecular formula is C24H24N2O2. The molecule has 2 N–H and O–H groups in total. The van der Waals surface area contributed by atoms with Gasteiger partial charge >= 0.3 is 0 Å². The van der Waals surface area contributed by atoms with Crippen LogP contribution in [0.5, 0.6) is 0 Å². The van der Waals surface area contributed by atoms with Gasteiger partial charge in [-0.05, 0) is 48.2 Å². The number of benzene rings is 3. The molecule has 0 aliphatic carbocycles. The lowest BCUT2D eigenvalue weighted by atomic mass is 10.1. The monoisotopic (exact) mass is 372 g/mol. The number of rotatable bonds is 8. The molecule has 0 saturated carbocycles. The first kappa shape index (κ1) is 19.4. The van der Waals surface area contributed by atoms with Crippen LogP contribution in [0.15, 0.2) is 84.9 Å². The molecule has 0 aromatic heterocycles. The van der Waals surface area contributed by atoms with Crippen molar-refractivity contribution >= 4 is 11.8 Å². The highest BCUT2D eigenvalue weighted by Crippen LogP contribution is 2.06. The number of carbonyl (C=O) groups excluding carboxylic acids is 2. The fraction of sp³-hybridized carbons (Fsp3) is 0.167. The summed E-state index contributed by atoms with van der Waals surface area (Å²) in [7, 11) is 0. The van der Waals surface area contributed by atoms with E-state index < -0.39 is 0 Å². The van der Waals surface area contributed by atoms with Crippen molar-refractivity contribution in [1.29, 1.82) is 0 Å². The van der Waals surface area contributed by atoms with Crippen LogP contribution < -0.4 is 10.6 Å². The van der Waals surface area contributed by atoms with Gasteiger partial charge in [0.1, 0.15) is 0 Å². The molecule has 0 bridgehead atoms. The second-order valence-corrected chi connectivity index (χ2v) is 6.56. The molecule has 3 rings (SSSR count). The highest BCUT2D eigenvalue weighted by atomic mass is 16.2. The molecule has 0 aliphatic heterocycles. The Morgan fingerprint density at radius 3 is 1.25 bits per heavy atom. The third-order valence-electron chi connectivity index (χ3n) is 4.49. The second-order valence-electron chi connectivity index (χ2n) is 6.56. The summed E-state index contributed by atoms with van der Waals surface area (Å²) in [5.41, 5.74) is 3.70. The van der Waals surface area contributed by atoms with Crippen LogP contribution in [0.2, 0.25) is 0 Å². The number of carbonyl (C=O) groups is 2. The normalized spacial score (nSPS) is 10.3. The highest BCUT2D eigenvalue weighted by molar-refractivity contribution is 5.94. The Balaban J connectivity index is 1.39. The number of nitrogens with one attached hydrogen (secondary N) is 2. The van der Waals surface area contributed by atoms with Gasteiger partial charge in [-0.1, -0.05) is 60.7 Å². The van der Waals surface area contributed by atoms with E-state index in [1.807, 2.05) is 36.4 Å². The third kappa shape index (κ3) is 5.81. The molecule has 0 radical (unpaired) electrons. The van der Waals surface area contributed by atoms with Crippen LogP contribution in [0.4, 0.5) is 0 Å². The predicted molar refractivity (Wildman–Crippen MR) is 111 cm³/mol. The van der Waals surface area contributed by atoms with Crippen LogP contribution in [-0.2, 0) is 12.8 Å². The summed E-state index contributed by atoms with van der Waals surface area (Å²) < 4.78 is 0. The fourth-order valence-corrected chi connectivity index (χ4v) is 2.90. The lowest BCUT2D eigenvalue weighted by Gasteiger charge is -2.08. The van der Waals surface area contributed by atoms with Crippen molar-refractivity contribution in [2.75, 3.05) is 13.1 Å². The zero-order chi connectivity index (χ0) is 19.6. The predicted octanol–water partition coefficient (Wildman–Crippen LogP) is 3.63. The van der Waals surface area contributed by atoms with Crippen LogP contribution in [0.25, 0.3) is 0 Å². The Morgan fingerprint density at radius 2 is 0.893 bits per heavy atom. The summed E-state index contributed by atoms with van der Waals surface area (Å²) in [6, 6.07) is 26.7. The van der Waals surface area contributed by atoms with Crippen molar-refractivity contribution in [3.63, 3.8) is 0 Å². The zero-order valence-electron chi connectivity index (χ0n) is 15.7. The minimum Gasteiger partial charge on any atom is -0.352 e. The lowest BCUT2D eigenvalue weighted by molar-refractivity contribution is 0.0946. The van der Waals surface area contributed by atoms with E-state index in [2.05, 4.69) is 34.9 Å².